The van der Waals surface area contributed by atoms with Crippen LogP contribution in [0.3, 0.4) is 0 Å². The number of terminal acetylenes is 1. The second-order valence-electron chi connectivity index (χ2n) is 12.1. The van der Waals surface area contributed by atoms with Crippen LogP contribution in [0.15, 0.2) is 43.0 Å². The number of carbonyl (C=O) groups is 2. The fraction of sp³-hybridized carbons (Fsp3) is 0.424. The van der Waals surface area contributed by atoms with Crippen molar-refractivity contribution in [2.75, 3.05) is 26.2 Å². The lowest BCUT2D eigenvalue weighted by atomic mass is 10.0. The Morgan fingerprint density at radius 2 is 1.84 bits per heavy atom. The minimum absolute atomic E-state index is 0.0652. The summed E-state index contributed by atoms with van der Waals surface area (Å²) in [6.45, 7) is 6.07. The van der Waals surface area contributed by atoms with Gasteiger partial charge in [0.2, 0.25) is 5.91 Å². The molecule has 45 heavy (non-hydrogen) atoms. The van der Waals surface area contributed by atoms with Gasteiger partial charge in [0.1, 0.15) is 6.54 Å². The third kappa shape index (κ3) is 6.03. The number of carbonyl (C=O) groups excluding carboxylic acids is 2. The molecule has 4 aromatic rings. The molecule has 1 saturated heterocycles. The highest BCUT2D eigenvalue weighted by Gasteiger charge is 2.38. The Morgan fingerprint density at radius 1 is 1.09 bits per heavy atom. The van der Waals surface area contributed by atoms with E-state index in [1.54, 1.807) is 21.6 Å². The summed E-state index contributed by atoms with van der Waals surface area (Å²) in [4.78, 5) is 38.9. The predicted octanol–water partition coefficient (Wildman–Crippen LogP) is 4.86. The lowest BCUT2D eigenvalue weighted by molar-refractivity contribution is -0.141. The monoisotopic (exact) mass is 617 g/mol. The number of nitrogens with zero attached hydrogens (tertiary/aromatic N) is 7. The fourth-order valence-corrected chi connectivity index (χ4v) is 6.55. The second-order valence-corrected chi connectivity index (χ2v) is 12.1. The molecule has 2 aliphatic rings. The van der Waals surface area contributed by atoms with Crippen LogP contribution in [0.25, 0.3) is 16.9 Å². The maximum absolute atomic E-state index is 13.8. The van der Waals surface area contributed by atoms with E-state index in [4.69, 9.17) is 6.42 Å². The first kappa shape index (κ1) is 30.4. The molecular weight excluding hydrogens is 583 g/mol. The molecule has 0 unspecified atom stereocenters. The number of amides is 2. The number of piperazine rings is 1. The van der Waals surface area contributed by atoms with E-state index in [1.165, 1.54) is 18.6 Å². The average Bonchev–Trinajstić information content (AvgIpc) is 3.75. The molecule has 4 heterocycles. The minimum Gasteiger partial charge on any atom is -0.339 e. The third-order valence-electron chi connectivity index (χ3n) is 8.88. The Kier molecular flexibility index (Phi) is 8.12. The molecule has 1 aromatic carbocycles. The van der Waals surface area contributed by atoms with Gasteiger partial charge >= 0.3 is 6.18 Å². The summed E-state index contributed by atoms with van der Waals surface area (Å²) in [6.07, 6.45) is 9.72. The quantitative estimate of drug-likeness (QED) is 0.289. The summed E-state index contributed by atoms with van der Waals surface area (Å²) >= 11 is 0. The van der Waals surface area contributed by atoms with Crippen LogP contribution < -0.4 is 0 Å². The number of fused-ring (bicyclic) bond motifs is 1. The van der Waals surface area contributed by atoms with Gasteiger partial charge in [-0.2, -0.15) is 18.3 Å². The number of hydrogen-bond acceptors (Lipinski definition) is 5. The molecule has 234 valence electrons. The molecule has 0 N–H and O–H groups in total. The Hall–Kier alpha value is -4.66. The first-order valence-electron chi connectivity index (χ1n) is 15.1. The lowest BCUT2D eigenvalue weighted by Crippen LogP contribution is -2.51. The summed E-state index contributed by atoms with van der Waals surface area (Å²) in [5.74, 6) is 3.17. The molecule has 1 aliphatic heterocycles. The van der Waals surface area contributed by atoms with Gasteiger partial charge in [0.15, 0.2) is 11.3 Å². The summed E-state index contributed by atoms with van der Waals surface area (Å²) in [6, 6.07) is 5.59. The zero-order valence-electron chi connectivity index (χ0n) is 25.2. The molecule has 2 atom stereocenters. The van der Waals surface area contributed by atoms with Gasteiger partial charge in [-0.15, -0.1) is 6.42 Å². The van der Waals surface area contributed by atoms with Crippen molar-refractivity contribution in [2.24, 2.45) is 11.8 Å². The third-order valence-corrected chi connectivity index (χ3v) is 8.88. The molecule has 1 aliphatic carbocycles. The highest BCUT2D eigenvalue weighted by atomic mass is 19.4. The van der Waals surface area contributed by atoms with E-state index in [0.29, 0.717) is 55.4 Å². The Balaban J connectivity index is 1.17. The van der Waals surface area contributed by atoms with Gasteiger partial charge in [-0.1, -0.05) is 25.0 Å². The molecule has 0 radical (unpaired) electrons. The maximum Gasteiger partial charge on any atom is 0.435 e. The van der Waals surface area contributed by atoms with Crippen LogP contribution in [-0.2, 0) is 23.9 Å². The fourth-order valence-electron chi connectivity index (χ4n) is 6.55. The van der Waals surface area contributed by atoms with E-state index in [-0.39, 0.29) is 35.5 Å². The Morgan fingerprint density at radius 3 is 2.51 bits per heavy atom. The molecule has 9 nitrogen and oxygen atoms in total. The number of rotatable bonds is 6. The number of halogens is 3. The standard InChI is InChI=1S/C33H34F3N7O2/c1-4-10-42-20-26(29(39-42)33(34,35)36)28-19-38-30-27(37-9-11-43(28)30)18-23-6-8-25(22(3)17-23)32(45)41-14-12-40(13-15-41)31(44)24-7-5-21(2)16-24/h1,6,8-9,11,17,19-21,24H,5,7,10,12-16,18H2,2-3H3/t21-,24+/m1/s1. The van der Waals surface area contributed by atoms with E-state index >= 15 is 0 Å². The Bertz CT molecular complexity index is 1790. The van der Waals surface area contributed by atoms with Crippen LogP contribution in [0.2, 0.25) is 0 Å². The number of aryl methyl sites for hydroxylation is 1. The van der Waals surface area contributed by atoms with Gasteiger partial charge in [-0.3, -0.25) is 23.7 Å². The Labute approximate surface area is 259 Å². The van der Waals surface area contributed by atoms with Crippen molar-refractivity contribution in [2.45, 2.75) is 52.3 Å². The second kappa shape index (κ2) is 12.0. The van der Waals surface area contributed by atoms with Crippen molar-refractivity contribution < 1.29 is 22.8 Å². The smallest absolute Gasteiger partial charge is 0.339 e. The van der Waals surface area contributed by atoms with E-state index in [9.17, 15) is 22.8 Å². The van der Waals surface area contributed by atoms with Gasteiger partial charge < -0.3 is 9.80 Å². The lowest BCUT2D eigenvalue weighted by Gasteiger charge is -2.36. The zero-order chi connectivity index (χ0) is 31.9. The van der Waals surface area contributed by atoms with Crippen LogP contribution in [-0.4, -0.2) is 71.9 Å². The predicted molar refractivity (Wildman–Crippen MR) is 161 cm³/mol. The summed E-state index contributed by atoms with van der Waals surface area (Å²) < 4.78 is 44.1. The van der Waals surface area contributed by atoms with E-state index in [0.717, 1.165) is 35.1 Å². The van der Waals surface area contributed by atoms with E-state index in [2.05, 4.69) is 27.9 Å². The summed E-state index contributed by atoms with van der Waals surface area (Å²) in [5, 5.41) is 3.66. The first-order valence-corrected chi connectivity index (χ1v) is 15.1. The number of alkyl halides is 3. The molecule has 2 fully saturated rings. The maximum atomic E-state index is 13.8. The largest absolute Gasteiger partial charge is 0.435 e. The molecule has 12 heteroatoms. The number of benzene rings is 1. The van der Waals surface area contributed by atoms with Gasteiger partial charge in [-0.05, 0) is 49.3 Å². The van der Waals surface area contributed by atoms with Crippen LogP contribution >= 0.6 is 0 Å². The number of imidazole rings is 1. The van der Waals surface area contributed by atoms with Gasteiger partial charge in [0.25, 0.3) is 5.91 Å². The normalized spacial score (nSPS) is 18.8. The van der Waals surface area contributed by atoms with Crippen molar-refractivity contribution in [3.05, 3.63) is 71.1 Å². The highest BCUT2D eigenvalue weighted by Crippen LogP contribution is 2.37. The SMILES string of the molecule is C#CCn1cc(-c2cnc3c(Cc4ccc(C(=O)N5CCN(C(=O)[C@H]6CC[C@@H](C)C6)CC5)c(C)c4)nccn23)c(C(F)(F)F)n1. The van der Waals surface area contributed by atoms with Crippen LogP contribution in [0, 0.1) is 31.1 Å². The van der Waals surface area contributed by atoms with Crippen molar-refractivity contribution in [3.8, 4) is 23.6 Å². The first-order chi connectivity index (χ1) is 21.5. The molecule has 6 rings (SSSR count). The molecule has 2 amide bonds. The number of hydrogen-bond donors (Lipinski definition) is 0. The van der Waals surface area contributed by atoms with Crippen molar-refractivity contribution >= 4 is 17.5 Å². The molecule has 0 spiro atoms. The van der Waals surface area contributed by atoms with Crippen LogP contribution in [0.1, 0.15) is 59.1 Å². The number of aromatic nitrogens is 5. The average molecular weight is 618 g/mol. The van der Waals surface area contributed by atoms with Crippen molar-refractivity contribution in [3.63, 3.8) is 0 Å². The molecule has 1 saturated carbocycles. The van der Waals surface area contributed by atoms with Crippen molar-refractivity contribution in [1.29, 1.82) is 0 Å². The molecule has 3 aromatic heterocycles. The summed E-state index contributed by atoms with van der Waals surface area (Å²) in [7, 11) is 0. The van der Waals surface area contributed by atoms with E-state index < -0.39 is 11.9 Å². The zero-order valence-corrected chi connectivity index (χ0v) is 25.2. The van der Waals surface area contributed by atoms with E-state index in [1.807, 2.05) is 24.0 Å². The molecular formula is C33H34F3N7O2. The summed E-state index contributed by atoms with van der Waals surface area (Å²) in [5.41, 5.74) is 2.34. The van der Waals surface area contributed by atoms with Gasteiger partial charge in [-0.25, -0.2) is 4.98 Å². The van der Waals surface area contributed by atoms with Gasteiger partial charge in [0.05, 0.1) is 23.1 Å². The van der Waals surface area contributed by atoms with Gasteiger partial charge in [0, 0.05) is 62.7 Å². The topological polar surface area (TPSA) is 88.6 Å². The van der Waals surface area contributed by atoms with Crippen molar-refractivity contribution in [1.82, 2.24) is 33.9 Å². The molecule has 0 bridgehead atoms. The van der Waals surface area contributed by atoms with Crippen LogP contribution in [0.5, 0.6) is 0 Å². The van der Waals surface area contributed by atoms with Crippen LogP contribution in [0.4, 0.5) is 13.2 Å². The minimum atomic E-state index is -4.68. The highest BCUT2D eigenvalue weighted by molar-refractivity contribution is 5.96.